The first-order valence-electron chi connectivity index (χ1n) is 3.31. The third-order valence-corrected chi connectivity index (χ3v) is 6.79. The van der Waals surface area contributed by atoms with Crippen LogP contribution in [-0.4, -0.2) is 13.1 Å². The van der Waals surface area contributed by atoms with E-state index in [0.717, 1.165) is 6.42 Å². The molecule has 0 N–H and O–H groups in total. The van der Waals surface area contributed by atoms with Crippen molar-refractivity contribution >= 4 is 71.9 Å². The van der Waals surface area contributed by atoms with Crippen molar-refractivity contribution in [3.05, 3.63) is 12.7 Å². The van der Waals surface area contributed by atoms with Gasteiger partial charge >= 0.3 is 5.97 Å². The van der Waals surface area contributed by atoms with Crippen LogP contribution in [0.3, 0.4) is 0 Å². The van der Waals surface area contributed by atoms with Crippen LogP contribution >= 0.6 is 65.4 Å². The van der Waals surface area contributed by atoms with Crippen LogP contribution in [0.1, 0.15) is 6.42 Å². The summed E-state index contributed by atoms with van der Waals surface area (Å²) < 4.78 is 3.80. The summed E-state index contributed by atoms with van der Waals surface area (Å²) in [4.78, 5) is 10.6. The molecule has 0 aromatic rings. The molecule has 0 radical (unpaired) electrons. The molecule has 0 aliphatic heterocycles. The highest BCUT2D eigenvalue weighted by molar-refractivity contribution is 14.4. The Kier molecular flexibility index (Phi) is 7.92. The van der Waals surface area contributed by atoms with Crippen molar-refractivity contribution in [3.63, 3.8) is 0 Å². The van der Waals surface area contributed by atoms with Gasteiger partial charge in [-0.1, -0.05) is 72.0 Å². The van der Waals surface area contributed by atoms with E-state index in [-0.39, 0.29) is 5.97 Å². The molecule has 0 atom stereocenters. The van der Waals surface area contributed by atoms with Crippen molar-refractivity contribution in [1.82, 2.24) is 0 Å². The summed E-state index contributed by atoms with van der Waals surface area (Å²) in [5.74, 6) is -0.322. The maximum Gasteiger partial charge on any atom is 0.330 e. The largest absolute Gasteiger partial charge is 0.463 e. The molecule has 0 aliphatic rings. The summed E-state index contributed by atoms with van der Waals surface area (Å²) in [7, 11) is 0. The van der Waals surface area contributed by atoms with Crippen molar-refractivity contribution in [2.75, 3.05) is 6.61 Å². The Bertz CT molecular complexity index is 167. The van der Waals surface area contributed by atoms with Crippen molar-refractivity contribution in [2.24, 2.45) is 0 Å². The summed E-state index contributed by atoms with van der Waals surface area (Å²) in [6, 6.07) is 1.17. The van der Waals surface area contributed by atoms with E-state index in [9.17, 15) is 4.79 Å². The lowest BCUT2D eigenvalue weighted by Gasteiger charge is -2.08. The van der Waals surface area contributed by atoms with E-state index < -0.39 is 0.564 Å². The van der Waals surface area contributed by atoms with Gasteiger partial charge in [-0.25, -0.2) is 4.79 Å². The molecule has 0 aromatic carbocycles. The van der Waals surface area contributed by atoms with Crippen molar-refractivity contribution in [2.45, 2.75) is 12.5 Å². The Morgan fingerprint density at radius 1 is 1.50 bits per heavy atom. The topological polar surface area (TPSA) is 26.3 Å². The molecule has 0 aromatic heterocycles. The van der Waals surface area contributed by atoms with Crippen LogP contribution in [-0.2, 0) is 9.53 Å². The fourth-order valence-electron chi connectivity index (χ4n) is 0.504. The van der Waals surface area contributed by atoms with Gasteiger partial charge < -0.3 is 4.74 Å². The maximum atomic E-state index is 10.6. The monoisotopic (exact) mass is 522 g/mol. The van der Waals surface area contributed by atoms with Crippen LogP contribution in [0.2, 0.25) is 6.04 Å². The van der Waals surface area contributed by atoms with Gasteiger partial charge in [-0.2, -0.15) is 0 Å². The highest BCUT2D eigenvalue weighted by Crippen LogP contribution is 2.34. The number of hydrogen-bond donors (Lipinski definition) is 0. The lowest BCUT2D eigenvalue weighted by atomic mass is 10.5. The van der Waals surface area contributed by atoms with Crippen LogP contribution in [0.4, 0.5) is 0 Å². The molecule has 0 fully saturated rings. The zero-order valence-corrected chi connectivity index (χ0v) is 13.8. The lowest BCUT2D eigenvalue weighted by molar-refractivity contribution is -0.137. The molecule has 0 heterocycles. The Morgan fingerprint density at radius 2 is 2.08 bits per heavy atom. The Balaban J connectivity index is 3.34. The molecule has 12 heavy (non-hydrogen) atoms. The molecule has 70 valence electrons. The predicted octanol–water partition coefficient (Wildman–Crippen LogP) is 3.35. The fraction of sp³-hybridized carbons (Fsp3) is 0.500. The van der Waals surface area contributed by atoms with Gasteiger partial charge in [0, 0.05) is 6.08 Å². The van der Waals surface area contributed by atoms with E-state index in [4.69, 9.17) is 4.74 Å². The average molecular weight is 522 g/mol. The van der Waals surface area contributed by atoms with E-state index in [2.05, 4.69) is 72.0 Å². The Labute approximate surface area is 112 Å². The lowest BCUT2D eigenvalue weighted by Crippen LogP contribution is -2.08. The van der Waals surface area contributed by atoms with E-state index in [1.807, 2.05) is 0 Å². The van der Waals surface area contributed by atoms with Crippen molar-refractivity contribution in [1.29, 1.82) is 0 Å². The smallest absolute Gasteiger partial charge is 0.330 e. The van der Waals surface area contributed by atoms with Gasteiger partial charge in [0.2, 0.25) is 0 Å². The number of carbonyl (C=O) groups excluding carboxylic acids is 1. The van der Waals surface area contributed by atoms with Crippen LogP contribution in [0.5, 0.6) is 0 Å². The Morgan fingerprint density at radius 3 is 2.50 bits per heavy atom. The quantitative estimate of drug-likeness (QED) is 0.139. The molecule has 0 saturated heterocycles. The highest BCUT2D eigenvalue weighted by atomic mass is 127. The summed E-state index contributed by atoms with van der Waals surface area (Å²) in [5, 5.41) is 0. The van der Waals surface area contributed by atoms with Crippen LogP contribution in [0, 0.1) is 0 Å². The van der Waals surface area contributed by atoms with Gasteiger partial charge in [0.1, 0.15) is 0 Å². The SMILES string of the molecule is C=CC(=O)OCCC[Si](I)(I)I. The summed E-state index contributed by atoms with van der Waals surface area (Å²) in [6.45, 7) is 3.84. The van der Waals surface area contributed by atoms with Crippen LogP contribution < -0.4 is 0 Å². The van der Waals surface area contributed by atoms with Crippen LogP contribution in [0.15, 0.2) is 12.7 Å². The molecule has 0 amide bonds. The molecular formula is C6H9I3O2Si. The zero-order chi connectivity index (χ0) is 9.61. The van der Waals surface area contributed by atoms with Gasteiger partial charge in [-0.05, 0) is 12.5 Å². The van der Waals surface area contributed by atoms with Gasteiger partial charge in [0.05, 0.1) is 6.61 Å². The number of carbonyl (C=O) groups is 1. The van der Waals surface area contributed by atoms with Gasteiger partial charge in [-0.15, -0.1) is 0 Å². The maximum absolute atomic E-state index is 10.6. The fourth-order valence-corrected chi connectivity index (χ4v) is 4.48. The Hall–Kier alpha value is 1.62. The second kappa shape index (κ2) is 6.98. The van der Waals surface area contributed by atoms with Crippen molar-refractivity contribution in [3.8, 4) is 0 Å². The summed E-state index contributed by atoms with van der Waals surface area (Å²) >= 11 is 7.48. The number of hydrogen-bond acceptors (Lipinski definition) is 2. The number of esters is 1. The van der Waals surface area contributed by atoms with Gasteiger partial charge in [0.25, 0.3) is 0.564 Å². The van der Waals surface area contributed by atoms with E-state index >= 15 is 0 Å². The van der Waals surface area contributed by atoms with E-state index in [1.165, 1.54) is 12.1 Å². The predicted molar refractivity (Wildman–Crippen MR) is 78.4 cm³/mol. The third-order valence-electron chi connectivity index (χ3n) is 1.02. The minimum atomic E-state index is -1.05. The first-order chi connectivity index (χ1) is 5.45. The normalized spacial score (nSPS) is 10.9. The second-order valence-electron chi connectivity index (χ2n) is 2.09. The second-order valence-corrected chi connectivity index (χ2v) is 39.0. The van der Waals surface area contributed by atoms with E-state index in [1.54, 1.807) is 0 Å². The molecule has 0 rings (SSSR count). The molecule has 0 aliphatic carbocycles. The molecule has 0 saturated carbocycles. The third kappa shape index (κ3) is 9.70. The summed E-state index contributed by atoms with van der Waals surface area (Å²) in [6.07, 6.45) is 2.16. The molecular weight excluding hydrogens is 513 g/mol. The van der Waals surface area contributed by atoms with E-state index in [0.29, 0.717) is 6.61 Å². The minimum absolute atomic E-state index is 0.322. The zero-order valence-electron chi connectivity index (χ0n) is 6.36. The van der Waals surface area contributed by atoms with Gasteiger partial charge in [0.15, 0.2) is 0 Å². The minimum Gasteiger partial charge on any atom is -0.463 e. The standard InChI is InChI=1S/C6H9I3O2Si/c1-2-6(10)11-4-3-5-12(7,8)9/h2H,1,3-5H2. The van der Waals surface area contributed by atoms with Crippen LogP contribution in [0.25, 0.3) is 0 Å². The number of halogens is 3. The highest BCUT2D eigenvalue weighted by Gasteiger charge is 2.20. The number of ether oxygens (including phenoxy) is 1. The average Bonchev–Trinajstić information content (AvgIpc) is 1.96. The molecule has 6 heteroatoms. The van der Waals surface area contributed by atoms with Gasteiger partial charge in [-0.3, -0.25) is 0 Å². The first kappa shape index (κ1) is 13.6. The molecule has 0 spiro atoms. The first-order valence-corrected chi connectivity index (χ1v) is 14.9. The van der Waals surface area contributed by atoms with Crippen molar-refractivity contribution < 1.29 is 9.53 Å². The number of rotatable bonds is 5. The summed E-state index contributed by atoms with van der Waals surface area (Å²) in [5.41, 5.74) is 0. The molecule has 2 nitrogen and oxygen atoms in total. The molecule has 0 bridgehead atoms. The molecule has 0 unspecified atom stereocenters.